The van der Waals surface area contributed by atoms with Crippen LogP contribution in [0.25, 0.3) is 0 Å². The van der Waals surface area contributed by atoms with Gasteiger partial charge >= 0.3 is 5.97 Å². The lowest BCUT2D eigenvalue weighted by atomic mass is 9.88. The molecule has 4 saturated heterocycles. The zero-order valence-electron chi connectivity index (χ0n) is 28.6. The van der Waals surface area contributed by atoms with E-state index in [9.17, 15) is 91.3 Å². The van der Waals surface area contributed by atoms with Crippen LogP contribution in [0.4, 0.5) is 0 Å². The number of aliphatic hydroxyl groups excluding tert-OH is 15. The van der Waals surface area contributed by atoms with Crippen LogP contribution in [-0.4, -0.2) is 255 Å². The molecule has 17 N–H and O–H groups in total. The summed E-state index contributed by atoms with van der Waals surface area (Å²) in [4.78, 5) is 24.7. The third kappa shape index (κ3) is 9.52. The highest BCUT2D eigenvalue weighted by Crippen LogP contribution is 2.38. The van der Waals surface area contributed by atoms with E-state index in [-0.39, 0.29) is 0 Å². The molecule has 0 aromatic carbocycles. The molecule has 4 heterocycles. The van der Waals surface area contributed by atoms with Crippen LogP contribution in [0.5, 0.6) is 0 Å². The lowest BCUT2D eigenvalue weighted by molar-refractivity contribution is -0.393. The second kappa shape index (κ2) is 19.2. The minimum atomic E-state index is -3.18. The highest BCUT2D eigenvalue weighted by molar-refractivity contribution is 5.78. The number of nitrogens with one attached hydrogen (secondary N) is 1. The molecule has 320 valence electrons. The van der Waals surface area contributed by atoms with Crippen molar-refractivity contribution in [2.45, 2.75) is 135 Å². The number of carbonyl (C=O) groups is 2. The van der Waals surface area contributed by atoms with E-state index in [1.807, 2.05) is 0 Å². The molecule has 4 aliphatic rings. The molecule has 0 spiro atoms. The van der Waals surface area contributed by atoms with Gasteiger partial charge in [0.1, 0.15) is 98.2 Å². The molecule has 0 saturated carbocycles. The molecular formula is C29H49NO25. The number of ether oxygens (including phenoxy) is 7. The molecule has 55 heavy (non-hydrogen) atoms. The van der Waals surface area contributed by atoms with Crippen LogP contribution in [0.2, 0.25) is 0 Å². The van der Waals surface area contributed by atoms with E-state index < -0.39 is 180 Å². The van der Waals surface area contributed by atoms with E-state index in [4.69, 9.17) is 33.2 Å². The second-order valence-corrected chi connectivity index (χ2v) is 13.3. The van der Waals surface area contributed by atoms with E-state index in [0.29, 0.717) is 0 Å². The molecule has 0 aromatic heterocycles. The van der Waals surface area contributed by atoms with E-state index in [1.54, 1.807) is 0 Å². The summed E-state index contributed by atoms with van der Waals surface area (Å²) in [5, 5.41) is 167. The fourth-order valence-corrected chi connectivity index (χ4v) is 6.64. The monoisotopic (exact) mass is 811 g/mol. The molecule has 26 heteroatoms. The van der Waals surface area contributed by atoms with Crippen LogP contribution in [0.15, 0.2) is 0 Å². The Kier molecular flexibility index (Phi) is 16.0. The van der Waals surface area contributed by atoms with Gasteiger partial charge in [0, 0.05) is 6.42 Å². The van der Waals surface area contributed by atoms with Crippen LogP contribution in [0, 0.1) is 0 Å². The van der Waals surface area contributed by atoms with Crippen molar-refractivity contribution in [2.24, 2.45) is 0 Å². The predicted molar refractivity (Wildman–Crippen MR) is 164 cm³/mol. The number of hydrogen-bond donors (Lipinski definition) is 17. The van der Waals surface area contributed by atoms with Gasteiger partial charge in [-0.2, -0.15) is 0 Å². The van der Waals surface area contributed by atoms with Crippen molar-refractivity contribution in [2.75, 3.05) is 33.0 Å². The van der Waals surface area contributed by atoms with Gasteiger partial charge < -0.3 is 120 Å². The van der Waals surface area contributed by atoms with E-state index >= 15 is 0 Å². The van der Waals surface area contributed by atoms with Crippen molar-refractivity contribution in [3.8, 4) is 0 Å². The highest BCUT2D eigenvalue weighted by atomic mass is 16.8. The minimum absolute atomic E-state index is 0.896. The molecule has 0 radical (unpaired) electrons. The van der Waals surface area contributed by atoms with Crippen LogP contribution in [0.1, 0.15) is 6.42 Å². The van der Waals surface area contributed by atoms with Gasteiger partial charge in [0.2, 0.25) is 5.91 Å². The number of carboxylic acid groups (broad SMARTS) is 1. The van der Waals surface area contributed by atoms with Crippen molar-refractivity contribution in [1.82, 2.24) is 5.32 Å². The van der Waals surface area contributed by atoms with Gasteiger partial charge in [0.25, 0.3) is 5.79 Å². The van der Waals surface area contributed by atoms with Crippen molar-refractivity contribution < 1.29 is 124 Å². The third-order valence-electron chi connectivity index (χ3n) is 9.68. The maximum absolute atomic E-state index is 12.8. The number of carbonyl (C=O) groups excluding carboxylic acids is 1. The standard InChI is InChI=1S/C29H49NO25/c31-2-8(37)14(39)22-13(30-12(38)6-35)7(36)1-29(54-22,28(47)48)55-24-16(41)10(4-33)51-27(20(24)45)53-23-15(40)9(3-32)50-26(19(23)44)52-21-11(5-34)49-25(46)18(43)17(21)42/h7-11,13-27,31-37,39-46H,1-6H2,(H,30,38)(H,47,48)/t7-,8+,9+,10+,11+,13+,14+,15-,16-,17+,18+,19+,20+,21+,22+,23-,24-,25+,26-,27-,29-/m0/s1. The Bertz CT molecular complexity index is 1250. The lowest BCUT2D eigenvalue weighted by Crippen LogP contribution is -2.71. The molecule has 21 atom stereocenters. The fourth-order valence-electron chi connectivity index (χ4n) is 6.64. The number of carboxylic acids is 1. The summed E-state index contributed by atoms with van der Waals surface area (Å²) in [6.45, 7) is -5.25. The zero-order valence-corrected chi connectivity index (χ0v) is 28.6. The summed E-state index contributed by atoms with van der Waals surface area (Å²) in [5.74, 6) is -6.40. The molecule has 0 unspecified atom stereocenters. The molecule has 4 fully saturated rings. The number of hydrogen-bond acceptors (Lipinski definition) is 24. The summed E-state index contributed by atoms with van der Waals surface area (Å²) in [6.07, 6.45) is -39.4. The van der Waals surface area contributed by atoms with E-state index in [1.165, 1.54) is 0 Å². The number of rotatable bonds is 15. The molecule has 4 rings (SSSR count). The topological polar surface area (TPSA) is 434 Å². The number of aliphatic hydroxyl groups is 15. The first-order valence-electron chi connectivity index (χ1n) is 16.9. The molecule has 0 aliphatic carbocycles. The maximum Gasteiger partial charge on any atom is 0.364 e. The summed E-state index contributed by atoms with van der Waals surface area (Å²) in [5.41, 5.74) is 0. The first kappa shape index (κ1) is 45.8. The zero-order chi connectivity index (χ0) is 41.1. The quantitative estimate of drug-likeness (QED) is 0.0730. The Labute approximate surface area is 309 Å². The van der Waals surface area contributed by atoms with Gasteiger partial charge in [0.15, 0.2) is 18.9 Å². The van der Waals surface area contributed by atoms with Crippen molar-refractivity contribution in [3.63, 3.8) is 0 Å². The van der Waals surface area contributed by atoms with Gasteiger partial charge in [-0.25, -0.2) is 4.79 Å². The Morgan fingerprint density at radius 1 is 0.691 bits per heavy atom. The van der Waals surface area contributed by atoms with E-state index in [2.05, 4.69) is 5.32 Å². The Hall–Kier alpha value is -1.94. The van der Waals surface area contributed by atoms with Crippen molar-refractivity contribution >= 4 is 11.9 Å². The Morgan fingerprint density at radius 2 is 1.22 bits per heavy atom. The highest BCUT2D eigenvalue weighted by Gasteiger charge is 2.60. The summed E-state index contributed by atoms with van der Waals surface area (Å²) >= 11 is 0. The number of amides is 1. The van der Waals surface area contributed by atoms with Crippen LogP contribution < -0.4 is 5.32 Å². The van der Waals surface area contributed by atoms with Gasteiger partial charge in [-0.05, 0) is 0 Å². The van der Waals surface area contributed by atoms with Gasteiger partial charge in [-0.1, -0.05) is 0 Å². The van der Waals surface area contributed by atoms with Crippen LogP contribution in [0.3, 0.4) is 0 Å². The largest absolute Gasteiger partial charge is 0.477 e. The molecule has 1 amide bonds. The average Bonchev–Trinajstić information content (AvgIpc) is 3.16. The summed E-state index contributed by atoms with van der Waals surface area (Å²) in [6, 6.07) is -1.76. The van der Waals surface area contributed by atoms with Crippen molar-refractivity contribution in [1.29, 1.82) is 0 Å². The summed E-state index contributed by atoms with van der Waals surface area (Å²) < 4.78 is 38.1. The van der Waals surface area contributed by atoms with Gasteiger partial charge in [0.05, 0.1) is 38.6 Å². The molecule has 26 nitrogen and oxygen atoms in total. The van der Waals surface area contributed by atoms with Crippen LogP contribution in [-0.2, 0) is 42.7 Å². The Morgan fingerprint density at radius 3 is 1.73 bits per heavy atom. The molecule has 4 aliphatic heterocycles. The summed E-state index contributed by atoms with van der Waals surface area (Å²) in [7, 11) is 0. The fraction of sp³-hybridized carbons (Fsp3) is 0.931. The van der Waals surface area contributed by atoms with Crippen LogP contribution >= 0.6 is 0 Å². The second-order valence-electron chi connectivity index (χ2n) is 13.3. The maximum atomic E-state index is 12.8. The third-order valence-corrected chi connectivity index (χ3v) is 9.68. The predicted octanol–water partition coefficient (Wildman–Crippen LogP) is -11.4. The molecule has 0 aromatic rings. The Balaban J connectivity index is 1.62. The van der Waals surface area contributed by atoms with Crippen molar-refractivity contribution in [3.05, 3.63) is 0 Å². The first-order chi connectivity index (χ1) is 25.9. The average molecular weight is 812 g/mol. The first-order valence-corrected chi connectivity index (χ1v) is 16.9. The smallest absolute Gasteiger partial charge is 0.364 e. The van der Waals surface area contributed by atoms with E-state index in [0.717, 1.165) is 0 Å². The van der Waals surface area contributed by atoms with Gasteiger partial charge in [-0.15, -0.1) is 0 Å². The van der Waals surface area contributed by atoms with Gasteiger partial charge in [-0.3, -0.25) is 4.79 Å². The lowest BCUT2D eigenvalue weighted by Gasteiger charge is -2.51. The SMILES string of the molecule is O=C(CO)N[C@H]1[C@H]([C@H](O)[C@H](O)CO)O[C@@](O[C@H]2[C@@H](O)[C@@H](CO)O[C@@H](O[C@H]3[C@@H](O)[C@@H](CO)O[C@@H](O[C@H]4[C@H](O)[C@@H](O)[C@H](O)O[C@@H]4CO)[C@@H]3O)[C@@H]2O)(C(=O)O)C[C@@H]1O. The normalized spacial score (nSPS) is 46.5. The minimum Gasteiger partial charge on any atom is -0.477 e. The number of aliphatic carboxylic acids is 1. The molecular weight excluding hydrogens is 762 g/mol. The molecule has 0 bridgehead atoms.